The first kappa shape index (κ1) is 65.0. The summed E-state index contributed by atoms with van der Waals surface area (Å²) in [6.07, 6.45) is 2.10. The molecule has 19 N–H and O–H groups in total. The van der Waals surface area contributed by atoms with Crippen LogP contribution < -0.4 is 71.2 Å². The molecule has 0 spiro atoms. The highest BCUT2D eigenvalue weighted by atomic mass is 16.3. The van der Waals surface area contributed by atoms with E-state index < -0.39 is 114 Å². The number of guanidine groups is 1. The SMILES string of the molecule is CC(C)C[C@H](NC(=O)[C@@H](N)CCC(N)=O)C(=O)N[C@@H](C)C(=O)N[C@H](C(=O)N[C@@H](CCCC[N+](C)(C)C)C(=O)N[C@@H](C)C(=O)N[C@@H](C)C(=O)N[C@@H](CCCN=C(N)N)C(=O)N[C@H](C=O)CCCCN)[C@@H](C)O. The van der Waals surface area contributed by atoms with Crippen molar-refractivity contribution in [2.24, 2.45) is 39.6 Å². The van der Waals surface area contributed by atoms with Gasteiger partial charge in [-0.2, -0.15) is 0 Å². The minimum atomic E-state index is -1.63. The van der Waals surface area contributed by atoms with Crippen LogP contribution in [0, 0.1) is 5.92 Å². The van der Waals surface area contributed by atoms with Gasteiger partial charge in [0.2, 0.25) is 53.2 Å². The molecule has 0 aromatic heterocycles. The summed E-state index contributed by atoms with van der Waals surface area (Å²) in [5.41, 5.74) is 27.4. The van der Waals surface area contributed by atoms with Gasteiger partial charge in [-0.25, -0.2) is 0 Å². The van der Waals surface area contributed by atoms with Gasteiger partial charge in [0.05, 0.1) is 45.9 Å². The molecule has 0 aliphatic rings. The smallest absolute Gasteiger partial charge is 0.245 e. The second-order valence-corrected chi connectivity index (χ2v) is 19.3. The van der Waals surface area contributed by atoms with Crippen LogP contribution in [0.25, 0.3) is 0 Å². The van der Waals surface area contributed by atoms with Crippen molar-refractivity contribution in [2.45, 2.75) is 173 Å². The number of aldehydes is 1. The van der Waals surface area contributed by atoms with Crippen LogP contribution >= 0.6 is 0 Å². The second-order valence-electron chi connectivity index (χ2n) is 19.3. The lowest BCUT2D eigenvalue weighted by Crippen LogP contribution is -2.61. The average molecular weight is 1010 g/mol. The summed E-state index contributed by atoms with van der Waals surface area (Å²) in [4.78, 5) is 134. The van der Waals surface area contributed by atoms with Gasteiger partial charge < -0.3 is 85.6 Å². The van der Waals surface area contributed by atoms with Gasteiger partial charge in [-0.1, -0.05) is 13.8 Å². The number of aliphatic hydroxyl groups excluding tert-OH is 1. The molecule has 0 unspecified atom stereocenters. The molecular formula is C45H86N15O11+. The van der Waals surface area contributed by atoms with E-state index in [2.05, 4.69) is 47.5 Å². The second kappa shape index (κ2) is 33.6. The molecule has 10 atom stereocenters. The van der Waals surface area contributed by atoms with Crippen molar-refractivity contribution in [3.05, 3.63) is 0 Å². The summed E-state index contributed by atoms with van der Waals surface area (Å²) in [5.74, 6) is -7.18. The standard InChI is InChI=1S/C45H85N15O11/c1-25(2)23-34(58-40(67)31(47)18-19-35(48)63)43(70)54-28(5)39(66)59-36(29(6)62)44(71)57-32(16-11-13-22-60(7,8)9)41(68)53-26(3)37(64)52-27(4)38(65)56-33(17-14-21-51-45(49)50)42(69)55-30(24-61)15-10-12-20-46/h24-34,36,62H,10-23,46-47H2,1-9H3,(H13-,48,49,50,51,52,53,54,55,56,57,58,59,63,64,65,66,67,68,69,70,71)/p+1/t26-,27-,28-,29+,30-,31-,32-,33-,34-,36-/m0/s1. The van der Waals surface area contributed by atoms with Gasteiger partial charge in [0.1, 0.15) is 48.6 Å². The van der Waals surface area contributed by atoms with Crippen molar-refractivity contribution >= 4 is 65.4 Å². The van der Waals surface area contributed by atoms with Gasteiger partial charge in [0.25, 0.3) is 0 Å². The minimum absolute atomic E-state index is 0.0512. The molecule has 26 nitrogen and oxygen atoms in total. The number of nitrogens with zero attached hydrogens (tertiary/aromatic N) is 2. The number of primary amides is 1. The number of quaternary nitrogens is 1. The molecule has 0 aromatic rings. The van der Waals surface area contributed by atoms with E-state index in [1.54, 1.807) is 13.8 Å². The van der Waals surface area contributed by atoms with E-state index >= 15 is 0 Å². The van der Waals surface area contributed by atoms with E-state index in [4.69, 9.17) is 28.7 Å². The maximum absolute atomic E-state index is 13.8. The lowest BCUT2D eigenvalue weighted by molar-refractivity contribution is -0.870. The lowest BCUT2D eigenvalue weighted by Gasteiger charge is -2.28. The molecule has 0 saturated heterocycles. The lowest BCUT2D eigenvalue weighted by atomic mass is 10.0. The first-order valence-corrected chi connectivity index (χ1v) is 24.2. The molecule has 0 aromatic carbocycles. The van der Waals surface area contributed by atoms with Crippen molar-refractivity contribution in [3.8, 4) is 0 Å². The van der Waals surface area contributed by atoms with Crippen LogP contribution in [0.3, 0.4) is 0 Å². The highest BCUT2D eigenvalue weighted by Crippen LogP contribution is 2.10. The van der Waals surface area contributed by atoms with Crippen molar-refractivity contribution in [3.63, 3.8) is 0 Å². The predicted octanol–water partition coefficient (Wildman–Crippen LogP) is -4.80. The van der Waals surface area contributed by atoms with E-state index in [1.165, 1.54) is 27.7 Å². The van der Waals surface area contributed by atoms with Gasteiger partial charge in [-0.3, -0.25) is 48.1 Å². The zero-order chi connectivity index (χ0) is 54.6. The zero-order valence-electron chi connectivity index (χ0n) is 43.1. The molecule has 0 heterocycles. The largest absolute Gasteiger partial charge is 0.391 e. The summed E-state index contributed by atoms with van der Waals surface area (Å²) in [6.45, 7) is 10.1. The predicted molar refractivity (Wildman–Crippen MR) is 266 cm³/mol. The third-order valence-electron chi connectivity index (χ3n) is 10.9. The average Bonchev–Trinajstić information content (AvgIpc) is 3.27. The monoisotopic (exact) mass is 1010 g/mol. The Balaban J connectivity index is 6.08. The molecule has 71 heavy (non-hydrogen) atoms. The first-order valence-electron chi connectivity index (χ1n) is 24.2. The highest BCUT2D eigenvalue weighted by molar-refractivity contribution is 5.98. The van der Waals surface area contributed by atoms with Gasteiger partial charge >= 0.3 is 0 Å². The third kappa shape index (κ3) is 28.5. The number of aliphatic imine (C=N–C) groups is 1. The van der Waals surface area contributed by atoms with Gasteiger partial charge in [-0.05, 0) is 104 Å². The number of amides is 9. The van der Waals surface area contributed by atoms with Gasteiger partial charge in [0, 0.05) is 13.0 Å². The Hall–Kier alpha value is -5.99. The first-order chi connectivity index (χ1) is 33.0. The summed E-state index contributed by atoms with van der Waals surface area (Å²) < 4.78 is 0.615. The number of nitrogens with two attached hydrogens (primary N) is 5. The molecule has 0 saturated carbocycles. The number of aliphatic hydroxyl groups is 1. The molecule has 0 fully saturated rings. The Morgan fingerprint density at radius 1 is 0.563 bits per heavy atom. The van der Waals surface area contributed by atoms with Crippen molar-refractivity contribution in [2.75, 3.05) is 40.8 Å². The van der Waals surface area contributed by atoms with Crippen molar-refractivity contribution < 1.29 is 57.5 Å². The molecule has 0 rings (SSSR count). The van der Waals surface area contributed by atoms with Crippen LogP contribution in [0.15, 0.2) is 4.99 Å². The highest BCUT2D eigenvalue weighted by Gasteiger charge is 2.34. The van der Waals surface area contributed by atoms with E-state index in [1.807, 2.05) is 21.1 Å². The van der Waals surface area contributed by atoms with Crippen LogP contribution in [0.1, 0.15) is 112 Å². The summed E-state index contributed by atoms with van der Waals surface area (Å²) >= 11 is 0. The zero-order valence-corrected chi connectivity index (χ0v) is 43.1. The summed E-state index contributed by atoms with van der Waals surface area (Å²) in [5, 5.41) is 31.0. The molecule has 0 aliphatic carbocycles. The van der Waals surface area contributed by atoms with E-state index in [0.717, 1.165) is 0 Å². The Kier molecular flexibility index (Phi) is 30.7. The van der Waals surface area contributed by atoms with Crippen molar-refractivity contribution in [1.29, 1.82) is 0 Å². The molecule has 0 radical (unpaired) electrons. The fraction of sp³-hybridized carbons (Fsp3) is 0.756. The number of hydrogen-bond donors (Lipinski definition) is 14. The molecule has 26 heteroatoms. The van der Waals surface area contributed by atoms with E-state index in [9.17, 15) is 53.1 Å². The quantitative estimate of drug-likeness (QED) is 0.00921. The van der Waals surface area contributed by atoms with Crippen LogP contribution in [-0.2, 0) is 47.9 Å². The normalized spacial score (nSPS) is 15.6. The Morgan fingerprint density at radius 3 is 1.52 bits per heavy atom. The van der Waals surface area contributed by atoms with E-state index in [-0.39, 0.29) is 56.9 Å². The minimum Gasteiger partial charge on any atom is -0.391 e. The number of carbonyl (C=O) groups excluding carboxylic acids is 10. The topological polar surface area (TPSA) is 430 Å². The number of carbonyl (C=O) groups is 10. The van der Waals surface area contributed by atoms with E-state index in [0.29, 0.717) is 56.0 Å². The van der Waals surface area contributed by atoms with Crippen LogP contribution in [0.4, 0.5) is 0 Å². The molecule has 406 valence electrons. The number of unbranched alkanes of at least 4 members (excludes halogenated alkanes) is 2. The Labute approximate surface area is 417 Å². The maximum atomic E-state index is 13.8. The van der Waals surface area contributed by atoms with Crippen LogP contribution in [0.2, 0.25) is 0 Å². The number of hydrogen-bond acceptors (Lipinski definition) is 14. The Bertz CT molecular complexity index is 1790. The molecular weight excluding hydrogens is 927 g/mol. The van der Waals surface area contributed by atoms with Crippen LogP contribution in [-0.4, -0.2) is 176 Å². The fourth-order valence-electron chi connectivity index (χ4n) is 6.76. The third-order valence-corrected chi connectivity index (χ3v) is 10.9. The fourth-order valence-corrected chi connectivity index (χ4v) is 6.76. The van der Waals surface area contributed by atoms with Crippen LogP contribution in [0.5, 0.6) is 0 Å². The number of rotatable bonds is 36. The summed E-state index contributed by atoms with van der Waals surface area (Å²) in [7, 11) is 5.95. The Morgan fingerprint density at radius 2 is 1.03 bits per heavy atom. The summed E-state index contributed by atoms with van der Waals surface area (Å²) in [6, 6.07) is -10.9. The van der Waals surface area contributed by atoms with Crippen molar-refractivity contribution in [1.82, 2.24) is 42.5 Å². The molecule has 0 bridgehead atoms. The molecule has 0 aliphatic heterocycles. The maximum Gasteiger partial charge on any atom is 0.245 e. The number of nitrogens with one attached hydrogen (secondary N) is 8. The molecule has 9 amide bonds. The van der Waals surface area contributed by atoms with Gasteiger partial charge in [0.15, 0.2) is 5.96 Å². The van der Waals surface area contributed by atoms with Gasteiger partial charge in [-0.15, -0.1) is 0 Å².